The van der Waals surface area contributed by atoms with Gasteiger partial charge in [-0.05, 0) is 82.8 Å². The summed E-state index contributed by atoms with van der Waals surface area (Å²) in [5.41, 5.74) is 5.97. The van der Waals surface area contributed by atoms with Crippen LogP contribution in [0.2, 0.25) is 0 Å². The molecule has 4 fully saturated rings. The van der Waals surface area contributed by atoms with Gasteiger partial charge in [-0.15, -0.1) is 0 Å². The number of ketones is 1. The molecule has 7 aliphatic heterocycles. The zero-order chi connectivity index (χ0) is 84.9. The molecule has 7 aliphatic rings. The van der Waals surface area contributed by atoms with Gasteiger partial charge in [0.1, 0.15) is 60.8 Å². The highest BCUT2D eigenvalue weighted by Gasteiger charge is 2.47. The van der Waals surface area contributed by atoms with Crippen LogP contribution in [0.5, 0.6) is 0 Å². The van der Waals surface area contributed by atoms with Crippen LogP contribution < -0.4 is 53.6 Å². The Morgan fingerprint density at radius 1 is 0.643 bits per heavy atom. The first kappa shape index (κ1) is 95.1. The number of carboxylic acid groups (broad SMARTS) is 1. The van der Waals surface area contributed by atoms with E-state index in [1.165, 1.54) is 26.8 Å². The van der Waals surface area contributed by atoms with E-state index in [0.717, 1.165) is 18.9 Å². The fraction of sp³-hybridized carbons (Fsp3) is 0.646. The van der Waals surface area contributed by atoms with Crippen LogP contribution in [-0.2, 0) is 81.2 Å². The molecule has 7 rings (SSSR count). The number of aliphatic hydroxyl groups is 8. The summed E-state index contributed by atoms with van der Waals surface area (Å²) in [5, 5.41) is 116. The third kappa shape index (κ3) is 29.4. The van der Waals surface area contributed by atoms with Crippen LogP contribution in [0.15, 0.2) is 96.7 Å². The number of hydrogen-bond acceptors (Lipinski definition) is 26. The van der Waals surface area contributed by atoms with Gasteiger partial charge in [-0.1, -0.05) is 120 Å². The lowest BCUT2D eigenvalue weighted by Gasteiger charge is -2.40. The van der Waals surface area contributed by atoms with Gasteiger partial charge in [0, 0.05) is 69.1 Å². The number of rotatable bonds is 21. The van der Waals surface area contributed by atoms with E-state index in [-0.39, 0.29) is 80.1 Å². The third-order valence-corrected chi connectivity index (χ3v) is 21.0. The molecule has 4 saturated heterocycles. The molecule has 0 aliphatic carbocycles. The number of allylic oxidation sites excluding steroid dienone is 7. The Labute approximate surface area is 668 Å². The number of carbonyl (C=O) groups is 12. The summed E-state index contributed by atoms with van der Waals surface area (Å²) in [4.78, 5) is 160. The number of aliphatic carboxylic acids is 1. The number of nitrogens with one attached hydrogen (secondary N) is 9. The maximum absolute atomic E-state index is 14.0. The van der Waals surface area contributed by atoms with Crippen molar-refractivity contribution in [2.24, 2.45) is 35.3 Å². The molecule has 36 nitrogen and oxygen atoms in total. The Balaban J connectivity index is 1.03. The zero-order valence-corrected chi connectivity index (χ0v) is 66.1. The second-order valence-corrected chi connectivity index (χ2v) is 30.4. The molecule has 36 heteroatoms. The fourth-order valence-corrected chi connectivity index (χ4v) is 13.8. The average Bonchev–Trinajstić information content (AvgIpc) is 1.67. The number of esters is 1. The van der Waals surface area contributed by atoms with Crippen LogP contribution >= 0.6 is 0 Å². The monoisotopic (exact) mass is 1620 g/mol. The number of Topliss-reactive ketones (excluding diaryl/α,β-unsaturated/α-hetero) is 1. The summed E-state index contributed by atoms with van der Waals surface area (Å²) in [6.07, 6.45) is 15.3. The van der Waals surface area contributed by atoms with Crippen LogP contribution in [0, 0.1) is 29.6 Å². The van der Waals surface area contributed by atoms with Crippen molar-refractivity contribution in [1.29, 1.82) is 0 Å². The summed E-state index contributed by atoms with van der Waals surface area (Å²) in [7, 11) is 0. The number of aliphatic hydroxyl groups excluding tert-OH is 8. The molecule has 26 atom stereocenters. The predicted molar refractivity (Wildman–Crippen MR) is 412 cm³/mol. The summed E-state index contributed by atoms with van der Waals surface area (Å²) < 4.78 is 31.8. The number of β-amino-alcohol motifs (C(OH)–C–C–N with tert-alkyl or cyclic N) is 1. The standard InChI is InChI=1S/C79H118N10O26/c1-40(2)48-34-53(94)50(39-90)86-74(104)49(85-78(108)66(79(109)110)89-75(105)54(95)38-84-76(106)64(46(8)91)87-77(107)65(88-73(48)103)68(99)69(100)71(80)101)37-83-72(102)45(7)81-31-32-82-62(96)27-19-18-21-41(3)33-42(4)70-58-30-29-47(111-70)22-14-10-9-11-15-23-51(92)67(98)61-35-52(93)43(5)55(113-61)25-20-26-56-44(6)59-36-60(112-56)57(114-59)24-16-12-13-17-28-63(97)115-58/h10,12-17,20,23-24,26,28-30,33,40-41,43-52,54-61,64-70,81,90-93,95,98-100H,9,11,18-19,21-22,25,27,31-32,34-39H2,1-8H3,(H2,80,101)(H,82,96)(H,83,102)(H,84,106)(H,85,108)(H,86,104)(H,87,107)(H,88,103)(H,89,105)(H,109,110)/t41-,43-,44?,45?,46?,47?,48?,49?,50?,51+,52+,54?,55-,56+,57-,58?,59?,60?,61-,64?,65?,66?,67+,68?,69?,70?/m1/s1. The molecular formula is C79H118N10O26. The van der Waals surface area contributed by atoms with E-state index >= 15 is 0 Å². The number of nitrogens with two attached hydrogens (primary N) is 1. The van der Waals surface area contributed by atoms with Gasteiger partial charge in [0.15, 0.2) is 18.0 Å². The van der Waals surface area contributed by atoms with E-state index in [0.29, 0.717) is 44.9 Å². The van der Waals surface area contributed by atoms with Crippen molar-refractivity contribution in [2.45, 2.75) is 260 Å². The zero-order valence-electron chi connectivity index (χ0n) is 66.1. The Morgan fingerprint density at radius 3 is 2.03 bits per heavy atom. The normalized spacial score (nSPS) is 33.1. The van der Waals surface area contributed by atoms with E-state index in [4.69, 9.17) is 29.4 Å². The first-order chi connectivity index (χ1) is 54.5. The van der Waals surface area contributed by atoms with Gasteiger partial charge in [0.25, 0.3) is 11.8 Å². The number of carbonyl (C=O) groups excluding carboxylic acids is 11. The predicted octanol–water partition coefficient (Wildman–Crippen LogP) is -3.27. The van der Waals surface area contributed by atoms with E-state index in [2.05, 4.69) is 44.9 Å². The molecule has 0 aromatic carbocycles. The van der Waals surface area contributed by atoms with Gasteiger partial charge in [-0.2, -0.15) is 0 Å². The van der Waals surface area contributed by atoms with Crippen LogP contribution in [0.4, 0.5) is 0 Å². The summed E-state index contributed by atoms with van der Waals surface area (Å²) in [6.45, 7) is 10.1. The Kier molecular flexibility index (Phi) is 38.7. The van der Waals surface area contributed by atoms with Gasteiger partial charge in [0.05, 0.1) is 68.0 Å². The molecule has 0 aromatic rings. The van der Waals surface area contributed by atoms with Crippen LogP contribution in [-0.4, -0.2) is 284 Å². The number of amides is 9. The molecule has 20 N–H and O–H groups in total. The lowest BCUT2D eigenvalue weighted by Crippen LogP contribution is -2.64. The number of hydrogen-bond donors (Lipinski definition) is 19. The van der Waals surface area contributed by atoms with Crippen molar-refractivity contribution in [2.75, 3.05) is 32.8 Å². The highest BCUT2D eigenvalue weighted by molar-refractivity contribution is 6.06. The number of fused-ring (bicyclic) bond motifs is 13. The lowest BCUT2D eigenvalue weighted by molar-refractivity contribution is -0.175. The van der Waals surface area contributed by atoms with Gasteiger partial charge in [0.2, 0.25) is 47.4 Å². The van der Waals surface area contributed by atoms with Gasteiger partial charge >= 0.3 is 11.9 Å². The van der Waals surface area contributed by atoms with Crippen molar-refractivity contribution in [1.82, 2.24) is 47.9 Å². The molecule has 640 valence electrons. The van der Waals surface area contributed by atoms with Crippen LogP contribution in [0.1, 0.15) is 126 Å². The highest BCUT2D eigenvalue weighted by Crippen LogP contribution is 2.39. The fourth-order valence-electron chi connectivity index (χ4n) is 13.8. The van der Waals surface area contributed by atoms with E-state index in [1.807, 2.05) is 80.0 Å². The topological polar surface area (TPSA) is 567 Å². The van der Waals surface area contributed by atoms with E-state index in [1.54, 1.807) is 35.7 Å². The Morgan fingerprint density at radius 2 is 1.34 bits per heavy atom. The molecule has 0 aromatic heterocycles. The maximum Gasteiger partial charge on any atom is 0.336 e. The van der Waals surface area contributed by atoms with Crippen molar-refractivity contribution < 1.29 is 127 Å². The smallest absolute Gasteiger partial charge is 0.336 e. The molecular weight excluding hydrogens is 1500 g/mol. The van der Waals surface area contributed by atoms with Crippen LogP contribution in [0.3, 0.4) is 0 Å². The first-order valence-electron chi connectivity index (χ1n) is 39.2. The van der Waals surface area contributed by atoms with Gasteiger partial charge in [-0.25, -0.2) is 9.59 Å². The van der Waals surface area contributed by atoms with Crippen LogP contribution in [0.25, 0.3) is 0 Å². The van der Waals surface area contributed by atoms with Crippen molar-refractivity contribution >= 4 is 70.9 Å². The van der Waals surface area contributed by atoms with Crippen molar-refractivity contribution in [3.63, 3.8) is 0 Å². The number of carboxylic acids is 1. The Hall–Kier alpha value is -8.76. The third-order valence-electron chi connectivity index (χ3n) is 21.0. The first-order valence-corrected chi connectivity index (χ1v) is 39.2. The largest absolute Gasteiger partial charge is 0.479 e. The molecule has 7 heterocycles. The molecule has 0 spiro atoms. The molecule has 0 radical (unpaired) electrons. The van der Waals surface area contributed by atoms with Crippen molar-refractivity contribution in [3.05, 3.63) is 96.7 Å². The highest BCUT2D eigenvalue weighted by atomic mass is 16.6. The summed E-state index contributed by atoms with van der Waals surface area (Å²) >= 11 is 0. The number of ether oxygens (including phenoxy) is 5. The summed E-state index contributed by atoms with van der Waals surface area (Å²) in [5.74, 6) is -17.6. The average molecular weight is 1620 g/mol. The molecule has 0 saturated carbocycles. The maximum atomic E-state index is 14.0. The minimum Gasteiger partial charge on any atom is -0.479 e. The SMILES string of the molecule is CC(=C[C@H](C)CCCCC(=O)NCCNC(C)C(=O)NCC1NC(=O)C(C(=O)O)NC(=O)C(O)CNC(=O)C(C(C)O)NC(=O)C(C(O)C(O)C(N)=O)NC(=O)C(C(C)C)CC(=O)C(CO)NC1=O)C1OC2C=CC1OC(=O)C=CC=CC=C[C@H]1OC3CC1O[C@@H](C=CC[C@H]1O[C@H](C[C@H](O)[C@H]1C)[C@@H](O)[C@@H](O)C=CCCC=CC2)C3C. The molecule has 17 unspecified atom stereocenters. The van der Waals surface area contributed by atoms with E-state index in [9.17, 15) is 103 Å². The van der Waals surface area contributed by atoms with E-state index < -0.39 is 206 Å². The van der Waals surface area contributed by atoms with Gasteiger partial charge < -0.3 is 123 Å². The second-order valence-electron chi connectivity index (χ2n) is 30.4. The lowest BCUT2D eigenvalue weighted by atomic mass is 9.85. The second kappa shape index (κ2) is 46.8. The molecule has 9 amide bonds. The Bertz CT molecular complexity index is 3580. The minimum absolute atomic E-state index is 0.00320. The van der Waals surface area contributed by atoms with Gasteiger partial charge in [-0.3, -0.25) is 47.9 Å². The number of primary amides is 1. The molecule has 7 bridgehead atoms. The minimum atomic E-state index is -2.61. The molecule has 115 heavy (non-hydrogen) atoms. The summed E-state index contributed by atoms with van der Waals surface area (Å²) in [6, 6.07) is -12.0. The quantitative estimate of drug-likeness (QED) is 0.0232. The van der Waals surface area contributed by atoms with Crippen molar-refractivity contribution in [3.8, 4) is 0 Å². The number of unbranched alkanes of at least 4 members (excludes halogenated alkanes) is 1.